The number of hydrogen-bond acceptors (Lipinski definition) is 3. The lowest BCUT2D eigenvalue weighted by atomic mass is 10.2. The predicted octanol–water partition coefficient (Wildman–Crippen LogP) is 4.45. The largest absolute Gasteiger partial charge is 0.496 e. The van der Waals surface area contributed by atoms with E-state index >= 15 is 0 Å². The molecule has 4 nitrogen and oxygen atoms in total. The molecule has 1 aromatic rings. The fourth-order valence-electron chi connectivity index (χ4n) is 1.78. The van der Waals surface area contributed by atoms with Crippen LogP contribution in [0.15, 0.2) is 18.2 Å². The number of ether oxygens (including phenoxy) is 2. The van der Waals surface area contributed by atoms with Gasteiger partial charge < -0.3 is 14.4 Å². The number of hydrogen-bond donors (Lipinski definition) is 0. The number of halogens is 1. The van der Waals surface area contributed by atoms with Crippen LogP contribution < -0.4 is 4.74 Å². The van der Waals surface area contributed by atoms with Crippen LogP contribution >= 0.6 is 22.6 Å². The van der Waals surface area contributed by atoms with E-state index in [-0.39, 0.29) is 12.1 Å². The Morgan fingerprint density at radius 1 is 1.33 bits per heavy atom. The molecule has 0 aliphatic rings. The zero-order valence-corrected chi connectivity index (χ0v) is 15.7. The SMILES string of the molecule is COc1ccc(CN(C(=O)OC(C)(C)C)C(C)C)cc1I. The summed E-state index contributed by atoms with van der Waals surface area (Å²) in [6, 6.07) is 5.99. The van der Waals surface area contributed by atoms with Crippen molar-refractivity contribution < 1.29 is 14.3 Å². The van der Waals surface area contributed by atoms with Gasteiger partial charge >= 0.3 is 6.09 Å². The Morgan fingerprint density at radius 3 is 2.38 bits per heavy atom. The van der Waals surface area contributed by atoms with Crippen molar-refractivity contribution in [2.24, 2.45) is 0 Å². The molecule has 118 valence electrons. The van der Waals surface area contributed by atoms with Gasteiger partial charge in [0.25, 0.3) is 0 Å². The maximum atomic E-state index is 12.3. The molecule has 0 fully saturated rings. The lowest BCUT2D eigenvalue weighted by Crippen LogP contribution is -2.40. The molecule has 0 atom stereocenters. The summed E-state index contributed by atoms with van der Waals surface area (Å²) in [6.07, 6.45) is -0.289. The molecular weight excluding hydrogens is 381 g/mol. The van der Waals surface area contributed by atoms with Crippen LogP contribution in [0.3, 0.4) is 0 Å². The summed E-state index contributed by atoms with van der Waals surface area (Å²) in [4.78, 5) is 14.0. The lowest BCUT2D eigenvalue weighted by molar-refractivity contribution is 0.0172. The smallest absolute Gasteiger partial charge is 0.410 e. The molecule has 21 heavy (non-hydrogen) atoms. The first-order valence-corrected chi connectivity index (χ1v) is 8.04. The van der Waals surface area contributed by atoms with Crippen LogP contribution in [0.25, 0.3) is 0 Å². The quantitative estimate of drug-likeness (QED) is 0.695. The Morgan fingerprint density at radius 2 is 1.95 bits per heavy atom. The Balaban J connectivity index is 2.88. The Bertz CT molecular complexity index is 495. The number of nitrogens with zero attached hydrogens (tertiary/aromatic N) is 1. The van der Waals surface area contributed by atoms with Crippen molar-refractivity contribution in [3.05, 3.63) is 27.3 Å². The third kappa shape index (κ3) is 5.73. The van der Waals surface area contributed by atoms with Gasteiger partial charge in [-0.05, 0) is 74.9 Å². The zero-order chi connectivity index (χ0) is 16.2. The lowest BCUT2D eigenvalue weighted by Gasteiger charge is -2.30. The molecule has 0 N–H and O–H groups in total. The second-order valence-corrected chi connectivity index (χ2v) is 7.33. The molecule has 0 aliphatic carbocycles. The highest BCUT2D eigenvalue weighted by atomic mass is 127. The van der Waals surface area contributed by atoms with Gasteiger partial charge in [0.05, 0.1) is 10.7 Å². The van der Waals surface area contributed by atoms with Crippen molar-refractivity contribution in [3.8, 4) is 5.75 Å². The molecule has 1 amide bonds. The van der Waals surface area contributed by atoms with Gasteiger partial charge in [0, 0.05) is 12.6 Å². The topological polar surface area (TPSA) is 38.8 Å². The monoisotopic (exact) mass is 405 g/mol. The van der Waals surface area contributed by atoms with E-state index in [0.29, 0.717) is 6.54 Å². The molecule has 5 heteroatoms. The number of carbonyl (C=O) groups is 1. The van der Waals surface area contributed by atoms with E-state index < -0.39 is 5.60 Å². The van der Waals surface area contributed by atoms with E-state index in [1.54, 1.807) is 12.0 Å². The molecule has 0 aliphatic heterocycles. The van der Waals surface area contributed by atoms with Crippen LogP contribution in [0.4, 0.5) is 4.79 Å². The van der Waals surface area contributed by atoms with E-state index in [9.17, 15) is 4.79 Å². The van der Waals surface area contributed by atoms with Crippen molar-refractivity contribution in [2.45, 2.75) is 52.8 Å². The summed E-state index contributed by atoms with van der Waals surface area (Å²) in [5.74, 6) is 0.840. The number of rotatable bonds is 4. The van der Waals surface area contributed by atoms with E-state index in [2.05, 4.69) is 22.6 Å². The van der Waals surface area contributed by atoms with Crippen LogP contribution in [0, 0.1) is 3.57 Å². The van der Waals surface area contributed by atoms with Crippen molar-refractivity contribution in [2.75, 3.05) is 7.11 Å². The Hall–Kier alpha value is -0.980. The van der Waals surface area contributed by atoms with Gasteiger partial charge in [-0.2, -0.15) is 0 Å². The second-order valence-electron chi connectivity index (χ2n) is 6.17. The first-order chi connectivity index (χ1) is 9.64. The molecule has 0 saturated carbocycles. The number of benzene rings is 1. The van der Waals surface area contributed by atoms with Gasteiger partial charge in [0.15, 0.2) is 0 Å². The van der Waals surface area contributed by atoms with Gasteiger partial charge in [0.2, 0.25) is 0 Å². The molecule has 0 spiro atoms. The normalized spacial score (nSPS) is 11.4. The molecule has 0 unspecified atom stereocenters. The molecule has 0 saturated heterocycles. The van der Waals surface area contributed by atoms with Gasteiger partial charge in [-0.25, -0.2) is 4.79 Å². The number of amides is 1. The summed E-state index contributed by atoms with van der Waals surface area (Å²) < 4.78 is 11.8. The number of methoxy groups -OCH3 is 1. The van der Waals surface area contributed by atoms with Crippen molar-refractivity contribution >= 4 is 28.7 Å². The fraction of sp³-hybridized carbons (Fsp3) is 0.562. The van der Waals surface area contributed by atoms with Gasteiger partial charge in [-0.1, -0.05) is 6.07 Å². The van der Waals surface area contributed by atoms with Gasteiger partial charge in [-0.3, -0.25) is 0 Å². The van der Waals surface area contributed by atoms with Gasteiger partial charge in [-0.15, -0.1) is 0 Å². The summed E-state index contributed by atoms with van der Waals surface area (Å²) in [6.45, 7) is 10.1. The van der Waals surface area contributed by atoms with E-state index in [1.165, 1.54) is 0 Å². The predicted molar refractivity (Wildman–Crippen MR) is 92.6 cm³/mol. The summed E-state index contributed by atoms with van der Waals surface area (Å²) >= 11 is 2.23. The summed E-state index contributed by atoms with van der Waals surface area (Å²) in [5, 5.41) is 0. The van der Waals surface area contributed by atoms with Crippen molar-refractivity contribution in [1.29, 1.82) is 0 Å². The highest BCUT2D eigenvalue weighted by Gasteiger charge is 2.24. The maximum Gasteiger partial charge on any atom is 0.410 e. The maximum absolute atomic E-state index is 12.3. The molecular formula is C16H24INO3. The first-order valence-electron chi connectivity index (χ1n) is 6.96. The minimum Gasteiger partial charge on any atom is -0.496 e. The molecule has 1 aromatic carbocycles. The zero-order valence-electron chi connectivity index (χ0n) is 13.6. The standard InChI is InChI=1S/C16H24INO3/c1-11(2)18(15(19)21-16(3,4)5)10-12-7-8-14(20-6)13(17)9-12/h7-9,11H,10H2,1-6H3. The van der Waals surface area contributed by atoms with Crippen molar-refractivity contribution in [1.82, 2.24) is 4.90 Å². The van der Waals surface area contributed by atoms with E-state index in [4.69, 9.17) is 9.47 Å². The van der Waals surface area contributed by atoms with Crippen LogP contribution in [-0.2, 0) is 11.3 Å². The first kappa shape index (κ1) is 18.1. The highest BCUT2D eigenvalue weighted by Crippen LogP contribution is 2.23. The average Bonchev–Trinajstić information content (AvgIpc) is 2.33. The van der Waals surface area contributed by atoms with Gasteiger partial charge in [0.1, 0.15) is 11.4 Å². The third-order valence-electron chi connectivity index (χ3n) is 2.82. The minimum atomic E-state index is -0.488. The van der Waals surface area contributed by atoms with E-state index in [0.717, 1.165) is 14.9 Å². The fourth-order valence-corrected chi connectivity index (χ4v) is 2.58. The Labute approximate surface area is 140 Å². The second kappa shape index (κ2) is 7.33. The minimum absolute atomic E-state index is 0.0691. The summed E-state index contributed by atoms with van der Waals surface area (Å²) in [5.41, 5.74) is 0.568. The number of carbonyl (C=O) groups excluding carboxylic acids is 1. The van der Waals surface area contributed by atoms with Crippen molar-refractivity contribution in [3.63, 3.8) is 0 Å². The van der Waals surface area contributed by atoms with Crippen LogP contribution in [-0.4, -0.2) is 29.7 Å². The molecule has 1 rings (SSSR count). The molecule has 0 aromatic heterocycles. The third-order valence-corrected chi connectivity index (χ3v) is 3.66. The summed E-state index contributed by atoms with van der Waals surface area (Å²) in [7, 11) is 1.65. The highest BCUT2D eigenvalue weighted by molar-refractivity contribution is 14.1. The average molecular weight is 405 g/mol. The van der Waals surface area contributed by atoms with Crippen LogP contribution in [0.2, 0.25) is 0 Å². The molecule has 0 bridgehead atoms. The molecule has 0 radical (unpaired) electrons. The molecule has 0 heterocycles. The Kier molecular flexibility index (Phi) is 6.31. The van der Waals surface area contributed by atoms with Crippen LogP contribution in [0.5, 0.6) is 5.75 Å². The van der Waals surface area contributed by atoms with Crippen LogP contribution in [0.1, 0.15) is 40.2 Å². The van der Waals surface area contributed by atoms with E-state index in [1.807, 2.05) is 52.8 Å².